The van der Waals surface area contributed by atoms with Gasteiger partial charge in [0.15, 0.2) is 0 Å². The van der Waals surface area contributed by atoms with Crippen molar-refractivity contribution in [1.29, 1.82) is 0 Å². The number of thiazole rings is 1. The summed E-state index contributed by atoms with van der Waals surface area (Å²) < 4.78 is 5.59. The van der Waals surface area contributed by atoms with E-state index in [1.54, 1.807) is 35.7 Å². The van der Waals surface area contributed by atoms with E-state index in [2.05, 4.69) is 40.2 Å². The molecule has 254 valence electrons. The van der Waals surface area contributed by atoms with E-state index in [9.17, 15) is 14.7 Å². The van der Waals surface area contributed by atoms with Crippen LogP contribution in [0.1, 0.15) is 81.2 Å². The van der Waals surface area contributed by atoms with Gasteiger partial charge in [-0.25, -0.2) is 9.97 Å². The maximum Gasteiger partial charge on any atom is 0.254 e. The highest BCUT2D eigenvalue weighted by atomic mass is 32.1. The molecule has 0 bridgehead atoms. The average Bonchev–Trinajstić information content (AvgIpc) is 3.91. The summed E-state index contributed by atoms with van der Waals surface area (Å²) in [5.41, 5.74) is 5.03. The van der Waals surface area contributed by atoms with Gasteiger partial charge in [0.25, 0.3) is 11.8 Å². The van der Waals surface area contributed by atoms with Gasteiger partial charge < -0.3 is 24.6 Å². The van der Waals surface area contributed by atoms with Gasteiger partial charge in [-0.2, -0.15) is 0 Å². The first-order chi connectivity index (χ1) is 23.7. The molecule has 1 fully saturated rings. The number of likely N-dealkylation sites (N-methyl/N-ethyl adjacent to an activating group) is 1. The van der Waals surface area contributed by atoms with E-state index in [-0.39, 0.29) is 24.1 Å². The largest absolute Gasteiger partial charge is 0.445 e. The summed E-state index contributed by atoms with van der Waals surface area (Å²) in [6.07, 6.45) is 7.78. The second kappa shape index (κ2) is 15.1. The van der Waals surface area contributed by atoms with Crippen molar-refractivity contribution < 1.29 is 19.1 Å². The summed E-state index contributed by atoms with van der Waals surface area (Å²) >= 11 is 1.56. The normalized spacial score (nSPS) is 15.7. The molecule has 0 aliphatic carbocycles. The molecule has 0 radical (unpaired) electrons. The number of aryl methyl sites for hydroxylation is 1. The number of carbonyl (C=O) groups is 2. The number of nitrogens with one attached hydrogen (secondary N) is 1. The molecule has 0 spiro atoms. The number of nitrogens with zero attached hydrogens (tertiary/aromatic N) is 5. The molecule has 2 aromatic carbocycles. The number of aromatic nitrogens is 3. The Kier molecular flexibility index (Phi) is 10.5. The van der Waals surface area contributed by atoms with Crippen LogP contribution in [0.25, 0.3) is 11.5 Å². The van der Waals surface area contributed by atoms with E-state index in [1.807, 2.05) is 65.7 Å². The molecule has 1 aliphatic rings. The monoisotopic (exact) mass is 678 g/mol. The van der Waals surface area contributed by atoms with Crippen molar-refractivity contribution in [3.8, 4) is 11.5 Å². The zero-order valence-corrected chi connectivity index (χ0v) is 29.1. The number of aliphatic hydroxyl groups is 1. The molecule has 49 heavy (non-hydrogen) atoms. The third kappa shape index (κ3) is 8.06. The molecule has 3 atom stereocenters. The number of pyridine rings is 1. The Hall–Kier alpha value is -4.87. The Morgan fingerprint density at radius 2 is 1.92 bits per heavy atom. The van der Waals surface area contributed by atoms with Crippen molar-refractivity contribution in [2.75, 3.05) is 25.0 Å². The van der Waals surface area contributed by atoms with Crippen LogP contribution >= 0.6 is 11.3 Å². The summed E-state index contributed by atoms with van der Waals surface area (Å²) in [6.45, 7) is 7.03. The number of rotatable bonds is 12. The van der Waals surface area contributed by atoms with Crippen LogP contribution in [-0.4, -0.2) is 69.1 Å². The molecule has 5 aromatic rings. The van der Waals surface area contributed by atoms with Gasteiger partial charge >= 0.3 is 0 Å². The molecule has 11 heteroatoms. The van der Waals surface area contributed by atoms with Gasteiger partial charge in [-0.1, -0.05) is 44.2 Å². The molecule has 2 amide bonds. The van der Waals surface area contributed by atoms with Crippen LogP contribution in [0.2, 0.25) is 0 Å². The van der Waals surface area contributed by atoms with Gasteiger partial charge in [0.2, 0.25) is 5.89 Å². The maximum absolute atomic E-state index is 14.1. The van der Waals surface area contributed by atoms with E-state index in [1.165, 1.54) is 12.5 Å². The highest BCUT2D eigenvalue weighted by Crippen LogP contribution is 2.35. The quantitative estimate of drug-likeness (QED) is 0.155. The molecule has 6 rings (SSSR count). The minimum atomic E-state index is -0.931. The summed E-state index contributed by atoms with van der Waals surface area (Å²) in [5, 5.41) is 17.7. The van der Waals surface area contributed by atoms with Crippen molar-refractivity contribution in [2.45, 2.75) is 64.1 Å². The second-order valence-corrected chi connectivity index (χ2v) is 13.9. The number of benzene rings is 2. The van der Waals surface area contributed by atoms with E-state index < -0.39 is 18.1 Å². The molecule has 3 aromatic heterocycles. The molecule has 0 unspecified atom stereocenters. The molecular weight excluding hydrogens is 637 g/mol. The lowest BCUT2D eigenvalue weighted by Gasteiger charge is -2.29. The fourth-order valence-corrected chi connectivity index (χ4v) is 7.16. The van der Waals surface area contributed by atoms with Gasteiger partial charge in [0.1, 0.15) is 11.3 Å². The van der Waals surface area contributed by atoms with E-state index in [0.29, 0.717) is 35.9 Å². The summed E-state index contributed by atoms with van der Waals surface area (Å²) in [7, 11) is 1.90. The minimum absolute atomic E-state index is 0.118. The number of hydrogen-bond donors (Lipinski definition) is 2. The lowest BCUT2D eigenvalue weighted by molar-refractivity contribution is 0.0735. The first kappa shape index (κ1) is 34.0. The number of likely N-dealkylation sites (tertiary alicyclic amines) is 1. The summed E-state index contributed by atoms with van der Waals surface area (Å²) in [4.78, 5) is 45.3. The van der Waals surface area contributed by atoms with Gasteiger partial charge in [-0.05, 0) is 67.5 Å². The van der Waals surface area contributed by atoms with Crippen molar-refractivity contribution in [3.05, 3.63) is 118 Å². The molecule has 2 N–H and O–H groups in total. The van der Waals surface area contributed by atoms with Crippen LogP contribution in [0.4, 0.5) is 5.69 Å². The number of hydrogen-bond acceptors (Lipinski definition) is 9. The maximum atomic E-state index is 14.1. The Balaban J connectivity index is 1.28. The number of carbonyl (C=O) groups excluding carboxylic acids is 2. The molecule has 10 nitrogen and oxygen atoms in total. The Morgan fingerprint density at radius 3 is 2.63 bits per heavy atom. The predicted octanol–water partition coefficient (Wildman–Crippen LogP) is 6.44. The lowest BCUT2D eigenvalue weighted by Crippen LogP contribution is -2.49. The summed E-state index contributed by atoms with van der Waals surface area (Å²) in [5.74, 6) is 0.0179. The van der Waals surface area contributed by atoms with E-state index >= 15 is 0 Å². The number of oxazole rings is 1. The highest BCUT2D eigenvalue weighted by Gasteiger charge is 2.33. The first-order valence-corrected chi connectivity index (χ1v) is 17.5. The van der Waals surface area contributed by atoms with Crippen molar-refractivity contribution >= 4 is 28.8 Å². The van der Waals surface area contributed by atoms with Crippen molar-refractivity contribution in [3.63, 3.8) is 0 Å². The molecular formula is C38H42N6O4S. The molecule has 4 heterocycles. The van der Waals surface area contributed by atoms with E-state index in [0.717, 1.165) is 40.4 Å². The van der Waals surface area contributed by atoms with Crippen LogP contribution in [0.3, 0.4) is 0 Å². The van der Waals surface area contributed by atoms with Crippen LogP contribution in [0.15, 0.2) is 89.2 Å². The fraction of sp³-hybridized carbons (Fsp3) is 0.342. The Bertz CT molecular complexity index is 1880. The zero-order valence-electron chi connectivity index (χ0n) is 28.2. The number of anilines is 1. The molecule has 0 saturated carbocycles. The van der Waals surface area contributed by atoms with Gasteiger partial charge in [0, 0.05) is 54.1 Å². The lowest BCUT2D eigenvalue weighted by atomic mass is 9.99. The average molecular weight is 679 g/mol. The van der Waals surface area contributed by atoms with Gasteiger partial charge in [0.05, 0.1) is 36.3 Å². The smallest absolute Gasteiger partial charge is 0.254 e. The highest BCUT2D eigenvalue weighted by molar-refractivity contribution is 7.09. The SMILES string of the molecule is Cc1csc([C@H]2CCCN2C(=O)c2cc(C(=O)N[C@@H](Cc3ccccc3)[C@H](O)CN(C)c3cncc(C(C)C)c3)cc(-c3ncco3)c2)n1. The molecule has 1 aliphatic heterocycles. The molecule has 1 saturated heterocycles. The minimum Gasteiger partial charge on any atom is -0.445 e. The zero-order chi connectivity index (χ0) is 34.5. The second-order valence-electron chi connectivity index (χ2n) is 13.0. The first-order valence-electron chi connectivity index (χ1n) is 16.6. The van der Waals surface area contributed by atoms with Crippen molar-refractivity contribution in [2.24, 2.45) is 0 Å². The third-order valence-corrected chi connectivity index (χ3v) is 10.0. The van der Waals surface area contributed by atoms with Gasteiger partial charge in [-0.15, -0.1) is 11.3 Å². The standard InChI is InChI=1S/C38H42N6O4S/c1-24(2)30-19-31(21-39-20-30)43(4)22-34(45)32(15-26-9-6-5-7-10-26)42-35(46)27-16-28(36-40-12-14-48-36)18-29(17-27)38(47)44-13-8-11-33(44)37-41-25(3)23-49-37/h5-7,9-10,12,14,16-21,23-24,32-34,45H,8,11,13,15,22H2,1-4H3,(H,42,46)/t32-,33+,34+/m0/s1. The van der Waals surface area contributed by atoms with Crippen molar-refractivity contribution in [1.82, 2.24) is 25.2 Å². The number of aliphatic hydroxyl groups excluding tert-OH is 1. The Labute approximate surface area is 290 Å². The van der Waals surface area contributed by atoms with Crippen LogP contribution < -0.4 is 10.2 Å². The predicted molar refractivity (Wildman–Crippen MR) is 191 cm³/mol. The van der Waals surface area contributed by atoms with E-state index in [4.69, 9.17) is 4.42 Å². The summed E-state index contributed by atoms with van der Waals surface area (Å²) in [6, 6.07) is 16.1. The third-order valence-electron chi connectivity index (χ3n) is 8.95. The number of amides is 2. The Morgan fingerprint density at radius 1 is 1.12 bits per heavy atom. The van der Waals surface area contributed by atoms with Crippen LogP contribution in [0.5, 0.6) is 0 Å². The van der Waals surface area contributed by atoms with Crippen LogP contribution in [-0.2, 0) is 6.42 Å². The van der Waals surface area contributed by atoms with Gasteiger partial charge in [-0.3, -0.25) is 14.6 Å². The topological polar surface area (TPSA) is 125 Å². The van der Waals surface area contributed by atoms with Crippen LogP contribution in [0, 0.1) is 6.92 Å². The fourth-order valence-electron chi connectivity index (χ4n) is 6.21.